The van der Waals surface area contributed by atoms with E-state index in [1.54, 1.807) is 29.3 Å². The normalized spacial score (nSPS) is 25.4. The first-order valence-electron chi connectivity index (χ1n) is 12.4. The lowest BCUT2D eigenvalue weighted by Crippen LogP contribution is -2.47. The number of benzene rings is 1. The third-order valence-corrected chi connectivity index (χ3v) is 7.72. The molecule has 1 saturated carbocycles. The number of carbonyl (C=O) groups excluding carboxylic acids is 1. The monoisotopic (exact) mass is 483 g/mol. The van der Waals surface area contributed by atoms with Gasteiger partial charge in [0.05, 0.1) is 17.2 Å². The first-order valence-corrected chi connectivity index (χ1v) is 12.4. The van der Waals surface area contributed by atoms with Crippen molar-refractivity contribution in [2.75, 3.05) is 29.9 Å². The summed E-state index contributed by atoms with van der Waals surface area (Å²) < 4.78 is 20.4. The second-order valence-electron chi connectivity index (χ2n) is 10.8. The van der Waals surface area contributed by atoms with Crippen molar-refractivity contribution in [3.05, 3.63) is 47.4 Å². The minimum Gasteiger partial charge on any atom is -0.447 e. The molecule has 0 bridgehead atoms. The Morgan fingerprint density at radius 2 is 2.00 bits per heavy atom. The van der Waals surface area contributed by atoms with Gasteiger partial charge in [-0.1, -0.05) is 12.1 Å². The summed E-state index contributed by atoms with van der Waals surface area (Å²) in [5.41, 5.74) is 0.427. The molecule has 2 N–H and O–H groups in total. The van der Waals surface area contributed by atoms with Crippen LogP contribution in [0, 0.1) is 11.7 Å². The minimum absolute atomic E-state index is 0.285. The Morgan fingerprint density at radius 3 is 2.69 bits per heavy atom. The van der Waals surface area contributed by atoms with Gasteiger partial charge in [-0.15, -0.1) is 0 Å². The zero-order valence-corrected chi connectivity index (χ0v) is 20.6. The molecule has 1 unspecified atom stereocenters. The summed E-state index contributed by atoms with van der Waals surface area (Å²) in [5.74, 6) is 0.941. The molecule has 1 amide bonds. The van der Waals surface area contributed by atoms with Gasteiger partial charge in [0.25, 0.3) is 0 Å². The highest BCUT2D eigenvalue weighted by molar-refractivity contribution is 5.90. The van der Waals surface area contributed by atoms with E-state index in [4.69, 9.17) is 4.74 Å². The molecule has 2 aromatic rings. The van der Waals surface area contributed by atoms with Gasteiger partial charge in [0.2, 0.25) is 5.95 Å². The maximum absolute atomic E-state index is 15.0. The highest BCUT2D eigenvalue weighted by Crippen LogP contribution is 2.47. The standard InChI is InChI=1S/C26H34FN5O3/c1-17(20-7-4-18(14-21(20)27)15-31-12-9-25(2,34)10-13-31)29-23-28-11-8-22(30-23)32-24(33)35-16-26(32,3)19-5-6-19/h4,7-8,11,14,17,19,34H,5-6,9-10,12-13,15-16H2,1-3H3,(H,28,29,30)/t17-,26?/m0/s1. The van der Waals surface area contributed by atoms with Crippen molar-refractivity contribution >= 4 is 17.9 Å². The van der Waals surface area contributed by atoms with Crippen LogP contribution >= 0.6 is 0 Å². The predicted molar refractivity (Wildman–Crippen MR) is 131 cm³/mol. The number of aromatic nitrogens is 2. The molecule has 2 saturated heterocycles. The van der Waals surface area contributed by atoms with Gasteiger partial charge in [0.1, 0.15) is 18.2 Å². The molecular weight excluding hydrogens is 449 g/mol. The molecule has 35 heavy (non-hydrogen) atoms. The second kappa shape index (κ2) is 9.02. The summed E-state index contributed by atoms with van der Waals surface area (Å²) >= 11 is 0. The van der Waals surface area contributed by atoms with Gasteiger partial charge in [-0.3, -0.25) is 9.80 Å². The number of ether oxygens (including phenoxy) is 1. The lowest BCUT2D eigenvalue weighted by molar-refractivity contribution is -0.00732. The van der Waals surface area contributed by atoms with Crippen LogP contribution in [0.1, 0.15) is 63.6 Å². The van der Waals surface area contributed by atoms with E-state index in [0.29, 0.717) is 36.4 Å². The molecular formula is C26H34FN5O3. The fourth-order valence-electron chi connectivity index (χ4n) is 5.19. The molecule has 8 nitrogen and oxygen atoms in total. The fourth-order valence-corrected chi connectivity index (χ4v) is 5.19. The van der Waals surface area contributed by atoms with Gasteiger partial charge in [0, 0.05) is 31.4 Å². The van der Waals surface area contributed by atoms with Crippen molar-refractivity contribution in [3.8, 4) is 0 Å². The largest absolute Gasteiger partial charge is 0.447 e. The maximum Gasteiger partial charge on any atom is 0.416 e. The van der Waals surface area contributed by atoms with Crippen molar-refractivity contribution in [3.63, 3.8) is 0 Å². The summed E-state index contributed by atoms with van der Waals surface area (Å²) in [5, 5.41) is 13.3. The summed E-state index contributed by atoms with van der Waals surface area (Å²) in [4.78, 5) is 25.2. The number of likely N-dealkylation sites (tertiary alicyclic amines) is 1. The number of rotatable bonds is 7. The lowest BCUT2D eigenvalue weighted by atomic mass is 9.93. The summed E-state index contributed by atoms with van der Waals surface area (Å²) in [6.45, 7) is 8.38. The number of aliphatic hydroxyl groups is 1. The van der Waals surface area contributed by atoms with Crippen molar-refractivity contribution in [1.82, 2.24) is 14.9 Å². The van der Waals surface area contributed by atoms with E-state index in [1.807, 2.05) is 26.8 Å². The average Bonchev–Trinajstić information content (AvgIpc) is 3.61. The van der Waals surface area contributed by atoms with Gasteiger partial charge in [0.15, 0.2) is 0 Å². The summed E-state index contributed by atoms with van der Waals surface area (Å²) in [6, 6.07) is 6.66. The first kappa shape index (κ1) is 23.9. The Balaban J connectivity index is 1.26. The van der Waals surface area contributed by atoms with Crippen LogP contribution < -0.4 is 10.2 Å². The van der Waals surface area contributed by atoms with Crippen LogP contribution in [0.5, 0.6) is 0 Å². The van der Waals surface area contributed by atoms with Crippen LogP contribution in [0.2, 0.25) is 0 Å². The highest BCUT2D eigenvalue weighted by Gasteiger charge is 2.54. The van der Waals surface area contributed by atoms with Crippen molar-refractivity contribution in [1.29, 1.82) is 0 Å². The number of cyclic esters (lactones) is 1. The smallest absolute Gasteiger partial charge is 0.416 e. The number of amides is 1. The lowest BCUT2D eigenvalue weighted by Gasteiger charge is -2.35. The number of nitrogens with zero attached hydrogens (tertiary/aromatic N) is 4. The molecule has 3 fully saturated rings. The molecule has 2 aliphatic heterocycles. The van der Waals surface area contributed by atoms with Gasteiger partial charge >= 0.3 is 6.09 Å². The van der Waals surface area contributed by atoms with Crippen molar-refractivity contribution < 1.29 is 19.0 Å². The second-order valence-corrected chi connectivity index (χ2v) is 10.8. The number of piperidine rings is 1. The topological polar surface area (TPSA) is 90.8 Å². The Hall–Kier alpha value is -2.78. The van der Waals surface area contributed by atoms with E-state index in [1.165, 1.54) is 0 Å². The van der Waals surface area contributed by atoms with E-state index in [9.17, 15) is 9.90 Å². The number of nitrogens with one attached hydrogen (secondary N) is 1. The van der Waals surface area contributed by atoms with Crippen molar-refractivity contribution in [2.24, 2.45) is 5.92 Å². The summed E-state index contributed by atoms with van der Waals surface area (Å²) in [7, 11) is 0. The van der Waals surface area contributed by atoms with Crippen molar-refractivity contribution in [2.45, 2.75) is 70.2 Å². The van der Waals surface area contributed by atoms with E-state index in [0.717, 1.165) is 44.3 Å². The number of hydrogen-bond acceptors (Lipinski definition) is 7. The first-order chi connectivity index (χ1) is 16.6. The quantitative estimate of drug-likeness (QED) is 0.608. The third kappa shape index (κ3) is 4.97. The molecule has 1 aliphatic carbocycles. The van der Waals surface area contributed by atoms with Crippen LogP contribution in [0.4, 0.5) is 21.0 Å². The molecule has 3 heterocycles. The van der Waals surface area contributed by atoms with Crippen LogP contribution in [-0.4, -0.2) is 56.9 Å². The Morgan fingerprint density at radius 1 is 1.26 bits per heavy atom. The van der Waals surface area contributed by atoms with Gasteiger partial charge in [-0.2, -0.15) is 4.98 Å². The zero-order chi connectivity index (χ0) is 24.8. The number of halogens is 1. The van der Waals surface area contributed by atoms with Gasteiger partial charge < -0.3 is 15.2 Å². The Kier molecular flexibility index (Phi) is 6.17. The molecule has 0 radical (unpaired) electrons. The number of hydrogen-bond donors (Lipinski definition) is 2. The SMILES string of the molecule is C[C@H](Nc1nccc(N2C(=O)OCC2(C)C2CC2)n1)c1ccc(CN2CCC(C)(O)CC2)cc1F. The van der Waals surface area contributed by atoms with E-state index in [2.05, 4.69) is 20.2 Å². The predicted octanol–water partition coefficient (Wildman–Crippen LogP) is 4.26. The van der Waals surface area contributed by atoms with Crippen LogP contribution in [0.3, 0.4) is 0 Å². The average molecular weight is 484 g/mol. The van der Waals surface area contributed by atoms with E-state index in [-0.39, 0.29) is 11.9 Å². The van der Waals surface area contributed by atoms with E-state index < -0.39 is 17.2 Å². The highest BCUT2D eigenvalue weighted by atomic mass is 19.1. The Labute approximate surface area is 205 Å². The zero-order valence-electron chi connectivity index (χ0n) is 20.6. The molecule has 3 aliphatic rings. The Bertz CT molecular complexity index is 1100. The van der Waals surface area contributed by atoms with Crippen LogP contribution in [-0.2, 0) is 11.3 Å². The van der Waals surface area contributed by atoms with Crippen LogP contribution in [0.25, 0.3) is 0 Å². The maximum atomic E-state index is 15.0. The minimum atomic E-state index is -0.600. The fraction of sp³-hybridized carbons (Fsp3) is 0.577. The van der Waals surface area contributed by atoms with Gasteiger partial charge in [-0.05, 0) is 70.1 Å². The molecule has 0 spiro atoms. The summed E-state index contributed by atoms with van der Waals surface area (Å²) in [6.07, 6.45) is 4.81. The molecule has 188 valence electrons. The number of anilines is 2. The molecule has 1 aromatic heterocycles. The molecule has 9 heteroatoms. The van der Waals surface area contributed by atoms with E-state index >= 15 is 4.39 Å². The van der Waals surface area contributed by atoms with Gasteiger partial charge in [-0.25, -0.2) is 14.2 Å². The molecule has 2 atom stereocenters. The molecule has 5 rings (SSSR count). The third-order valence-electron chi connectivity index (χ3n) is 7.72. The van der Waals surface area contributed by atoms with Crippen LogP contribution in [0.15, 0.2) is 30.5 Å². The molecule has 1 aromatic carbocycles. The number of carbonyl (C=O) groups is 1.